The first kappa shape index (κ1) is 36.3. The second-order valence-electron chi connectivity index (χ2n) is 12.2. The fourth-order valence-electron chi connectivity index (χ4n) is 6.13. The summed E-state index contributed by atoms with van der Waals surface area (Å²) < 4.78 is 68.2. The van der Waals surface area contributed by atoms with Crippen molar-refractivity contribution >= 4 is 27.5 Å². The smallest absolute Gasteiger partial charge is 0.264 e. The Kier molecular flexibility index (Phi) is 12.1. The summed E-state index contributed by atoms with van der Waals surface area (Å²) >= 11 is 0. The van der Waals surface area contributed by atoms with Gasteiger partial charge in [0.25, 0.3) is 10.0 Å². The molecular formula is C38H41F2N3O6S. The van der Waals surface area contributed by atoms with Gasteiger partial charge in [-0.05, 0) is 72.5 Å². The number of benzene rings is 4. The molecule has 1 aliphatic carbocycles. The van der Waals surface area contributed by atoms with Gasteiger partial charge in [-0.15, -0.1) is 0 Å². The Hall–Kier alpha value is -4.97. The van der Waals surface area contributed by atoms with E-state index >= 15 is 0 Å². The Morgan fingerprint density at radius 1 is 0.800 bits per heavy atom. The summed E-state index contributed by atoms with van der Waals surface area (Å²) in [5.41, 5.74) is 1.36. The van der Waals surface area contributed by atoms with Crippen LogP contribution in [0.2, 0.25) is 0 Å². The van der Waals surface area contributed by atoms with Crippen LogP contribution in [0.1, 0.15) is 43.2 Å². The van der Waals surface area contributed by atoms with Crippen molar-refractivity contribution in [2.24, 2.45) is 0 Å². The van der Waals surface area contributed by atoms with Crippen molar-refractivity contribution in [1.82, 2.24) is 10.2 Å². The lowest BCUT2D eigenvalue weighted by molar-refractivity contribution is -0.140. The molecule has 0 unspecified atom stereocenters. The Balaban J connectivity index is 1.57. The average Bonchev–Trinajstić information content (AvgIpc) is 3.13. The molecule has 0 aromatic heterocycles. The number of carbonyl (C=O) groups is 2. The third-order valence-electron chi connectivity index (χ3n) is 8.83. The largest absolute Gasteiger partial charge is 0.493 e. The Morgan fingerprint density at radius 3 is 2.04 bits per heavy atom. The van der Waals surface area contributed by atoms with Crippen molar-refractivity contribution in [2.75, 3.05) is 25.1 Å². The summed E-state index contributed by atoms with van der Waals surface area (Å²) in [6, 6.07) is 22.5. The number of hydrogen-bond acceptors (Lipinski definition) is 6. The molecule has 0 aliphatic heterocycles. The highest BCUT2D eigenvalue weighted by atomic mass is 32.2. The summed E-state index contributed by atoms with van der Waals surface area (Å²) in [6.07, 6.45) is 4.82. The maximum atomic E-state index is 14.6. The Labute approximate surface area is 291 Å². The zero-order valence-electron chi connectivity index (χ0n) is 28.1. The highest BCUT2D eigenvalue weighted by molar-refractivity contribution is 7.92. The second kappa shape index (κ2) is 16.6. The molecule has 0 radical (unpaired) electrons. The molecule has 5 rings (SSSR count). The van der Waals surface area contributed by atoms with Gasteiger partial charge in [0, 0.05) is 25.1 Å². The van der Waals surface area contributed by atoms with E-state index in [1.807, 2.05) is 30.3 Å². The normalized spacial score (nSPS) is 14.0. The van der Waals surface area contributed by atoms with Crippen LogP contribution in [0, 0.1) is 11.6 Å². The monoisotopic (exact) mass is 705 g/mol. The summed E-state index contributed by atoms with van der Waals surface area (Å²) in [5.74, 6) is -1.67. The quantitative estimate of drug-likeness (QED) is 0.166. The third-order valence-corrected chi connectivity index (χ3v) is 10.6. The van der Waals surface area contributed by atoms with Crippen LogP contribution in [-0.2, 0) is 32.6 Å². The molecule has 1 N–H and O–H groups in total. The minimum atomic E-state index is -4.48. The predicted octanol–water partition coefficient (Wildman–Crippen LogP) is 6.27. The van der Waals surface area contributed by atoms with E-state index in [2.05, 4.69) is 5.32 Å². The van der Waals surface area contributed by atoms with Gasteiger partial charge in [0.15, 0.2) is 11.5 Å². The van der Waals surface area contributed by atoms with Gasteiger partial charge in [0.1, 0.15) is 24.2 Å². The number of sulfonamides is 1. The molecule has 1 aliphatic rings. The van der Waals surface area contributed by atoms with Crippen molar-refractivity contribution in [3.05, 3.63) is 120 Å². The number of methoxy groups -OCH3 is 2. The van der Waals surface area contributed by atoms with E-state index in [1.54, 1.807) is 0 Å². The Bertz CT molecular complexity index is 1850. The van der Waals surface area contributed by atoms with Crippen molar-refractivity contribution in [3.63, 3.8) is 0 Å². The number of nitrogens with zero attached hydrogens (tertiary/aromatic N) is 2. The molecule has 0 spiro atoms. The second-order valence-corrected chi connectivity index (χ2v) is 14.1. The first-order valence-corrected chi connectivity index (χ1v) is 17.9. The van der Waals surface area contributed by atoms with Crippen LogP contribution in [-0.4, -0.2) is 58.0 Å². The minimum absolute atomic E-state index is 0.0301. The van der Waals surface area contributed by atoms with Crippen molar-refractivity contribution in [1.29, 1.82) is 0 Å². The number of amides is 2. The van der Waals surface area contributed by atoms with Gasteiger partial charge in [-0.3, -0.25) is 13.9 Å². The lowest BCUT2D eigenvalue weighted by Crippen LogP contribution is -2.55. The molecule has 264 valence electrons. The maximum Gasteiger partial charge on any atom is 0.264 e. The van der Waals surface area contributed by atoms with Gasteiger partial charge < -0.3 is 19.7 Å². The van der Waals surface area contributed by atoms with Gasteiger partial charge in [-0.2, -0.15) is 0 Å². The lowest BCUT2D eigenvalue weighted by atomic mass is 9.94. The fourth-order valence-corrected chi connectivity index (χ4v) is 7.56. The topological polar surface area (TPSA) is 105 Å². The van der Waals surface area contributed by atoms with Crippen LogP contribution < -0.4 is 19.1 Å². The van der Waals surface area contributed by atoms with Crippen molar-refractivity contribution < 1.29 is 36.3 Å². The van der Waals surface area contributed by atoms with E-state index in [1.165, 1.54) is 73.7 Å². The van der Waals surface area contributed by atoms with E-state index < -0.39 is 40.2 Å². The van der Waals surface area contributed by atoms with Gasteiger partial charge in [0.05, 0.1) is 24.8 Å². The SMILES string of the molecule is COc1ccc(S(=O)(=O)N(CC(=O)N(Cc2ccc(F)cc2)[C@@H](Cc2ccccc2)C(=O)NC2CCCCC2)c2ccc(F)cc2)cc1OC. The van der Waals surface area contributed by atoms with E-state index in [0.29, 0.717) is 11.3 Å². The first-order chi connectivity index (χ1) is 24.1. The molecule has 0 bridgehead atoms. The number of carbonyl (C=O) groups excluding carboxylic acids is 2. The average molecular weight is 706 g/mol. The number of rotatable bonds is 14. The molecule has 50 heavy (non-hydrogen) atoms. The number of halogens is 2. The molecule has 4 aromatic carbocycles. The molecule has 0 heterocycles. The number of nitrogens with one attached hydrogen (secondary N) is 1. The van der Waals surface area contributed by atoms with Crippen LogP contribution in [0.4, 0.5) is 14.5 Å². The van der Waals surface area contributed by atoms with Gasteiger partial charge in [0.2, 0.25) is 11.8 Å². The highest BCUT2D eigenvalue weighted by Crippen LogP contribution is 2.32. The molecule has 1 atom stereocenters. The molecule has 1 fully saturated rings. The minimum Gasteiger partial charge on any atom is -0.493 e. The van der Waals surface area contributed by atoms with E-state index in [-0.39, 0.29) is 41.2 Å². The molecule has 0 saturated heterocycles. The highest BCUT2D eigenvalue weighted by Gasteiger charge is 2.36. The van der Waals surface area contributed by atoms with Gasteiger partial charge in [-0.25, -0.2) is 17.2 Å². The summed E-state index contributed by atoms with van der Waals surface area (Å²) in [4.78, 5) is 30.0. The first-order valence-electron chi connectivity index (χ1n) is 16.5. The number of anilines is 1. The molecule has 12 heteroatoms. The van der Waals surface area contributed by atoms with Crippen molar-refractivity contribution in [2.45, 2.75) is 62.0 Å². The number of hydrogen-bond donors (Lipinski definition) is 1. The van der Waals surface area contributed by atoms with Crippen LogP contribution in [0.25, 0.3) is 0 Å². The summed E-state index contributed by atoms with van der Waals surface area (Å²) in [5, 5.41) is 3.15. The molecule has 4 aromatic rings. The molecule has 2 amide bonds. The molecule has 9 nitrogen and oxygen atoms in total. The van der Waals surface area contributed by atoms with Crippen molar-refractivity contribution in [3.8, 4) is 11.5 Å². The van der Waals surface area contributed by atoms with Crippen LogP contribution >= 0.6 is 0 Å². The van der Waals surface area contributed by atoms with E-state index in [9.17, 15) is 26.8 Å². The summed E-state index contributed by atoms with van der Waals surface area (Å²) in [6.45, 7) is -0.839. The maximum absolute atomic E-state index is 14.6. The fraction of sp³-hybridized carbons (Fsp3) is 0.316. The van der Waals surface area contributed by atoms with E-state index in [0.717, 1.165) is 54.1 Å². The predicted molar refractivity (Wildman–Crippen MR) is 186 cm³/mol. The van der Waals surface area contributed by atoms with Crippen LogP contribution in [0.15, 0.2) is 102 Å². The number of ether oxygens (including phenoxy) is 2. The van der Waals surface area contributed by atoms with Gasteiger partial charge in [-0.1, -0.05) is 61.7 Å². The third kappa shape index (κ3) is 8.97. The summed E-state index contributed by atoms with van der Waals surface area (Å²) in [7, 11) is -1.69. The van der Waals surface area contributed by atoms with Gasteiger partial charge >= 0.3 is 0 Å². The molecular weight excluding hydrogens is 664 g/mol. The zero-order valence-corrected chi connectivity index (χ0v) is 28.9. The molecule has 1 saturated carbocycles. The van der Waals surface area contributed by atoms with Crippen LogP contribution in [0.5, 0.6) is 11.5 Å². The Morgan fingerprint density at radius 2 is 1.42 bits per heavy atom. The standard InChI is InChI=1S/C38H41F2N3O6S/c1-48-35-22-21-33(24-36(35)49-2)50(46,47)43(32-19-17-30(40)18-20-32)26-37(44)42(25-28-13-15-29(39)16-14-28)34(23-27-9-5-3-6-10-27)38(45)41-31-11-7-4-8-12-31/h3,5-6,9-10,13-22,24,31,34H,4,7-8,11-12,23,25-26H2,1-2H3,(H,41,45)/t34-/m0/s1. The lowest BCUT2D eigenvalue weighted by Gasteiger charge is -2.35. The van der Waals surface area contributed by atoms with E-state index in [4.69, 9.17) is 9.47 Å². The van der Waals surface area contributed by atoms with Crippen LogP contribution in [0.3, 0.4) is 0 Å². The zero-order chi connectivity index (χ0) is 35.7.